The maximum Gasteiger partial charge on any atom is 0.232 e. The predicted molar refractivity (Wildman–Crippen MR) is 101 cm³/mol. The zero-order valence-corrected chi connectivity index (χ0v) is 15.5. The van der Waals surface area contributed by atoms with E-state index in [1.165, 1.54) is 19.3 Å². The van der Waals surface area contributed by atoms with Crippen molar-refractivity contribution in [3.8, 4) is 0 Å². The van der Waals surface area contributed by atoms with E-state index >= 15 is 0 Å². The van der Waals surface area contributed by atoms with Crippen molar-refractivity contribution in [3.63, 3.8) is 0 Å². The van der Waals surface area contributed by atoms with E-state index < -0.39 is 0 Å². The molecule has 0 radical (unpaired) electrons. The van der Waals surface area contributed by atoms with Gasteiger partial charge < -0.3 is 20.3 Å². The Labute approximate surface area is 153 Å². The standard InChI is InChI=1S/C16H24ClN5OS/c1-11-5-2-3-7-22(11)14-9-13(17)19-15(20-14)21-16(24)18-10-12-6-4-8-23-12/h9,11-12H,2-8,10H2,1H3,(H2,18,19,20,21,24)/t11-,12+/m1/s1. The summed E-state index contributed by atoms with van der Waals surface area (Å²) in [6.45, 7) is 4.75. The van der Waals surface area contributed by atoms with E-state index in [9.17, 15) is 0 Å². The van der Waals surface area contributed by atoms with Gasteiger partial charge in [0.15, 0.2) is 5.11 Å². The first-order valence-corrected chi connectivity index (χ1v) is 9.38. The fourth-order valence-electron chi connectivity index (χ4n) is 3.20. The number of halogens is 1. The molecular formula is C16H24ClN5OS. The van der Waals surface area contributed by atoms with Crippen LogP contribution in [0.25, 0.3) is 0 Å². The first-order valence-electron chi connectivity index (χ1n) is 8.59. The number of piperidine rings is 1. The summed E-state index contributed by atoms with van der Waals surface area (Å²) in [5, 5.41) is 7.10. The van der Waals surface area contributed by atoms with Crippen molar-refractivity contribution in [2.75, 3.05) is 29.9 Å². The molecule has 8 heteroatoms. The molecule has 0 bridgehead atoms. The van der Waals surface area contributed by atoms with E-state index in [0.29, 0.717) is 28.8 Å². The monoisotopic (exact) mass is 369 g/mol. The van der Waals surface area contributed by atoms with Crippen LogP contribution < -0.4 is 15.5 Å². The smallest absolute Gasteiger partial charge is 0.232 e. The minimum atomic E-state index is 0.231. The predicted octanol–water partition coefficient (Wildman–Crippen LogP) is 2.97. The van der Waals surface area contributed by atoms with Crippen LogP contribution in [0, 0.1) is 0 Å². The molecular weight excluding hydrogens is 346 g/mol. The van der Waals surface area contributed by atoms with Crippen LogP contribution in [0.5, 0.6) is 0 Å². The Balaban J connectivity index is 1.61. The lowest BCUT2D eigenvalue weighted by atomic mass is 10.0. The normalized spacial score (nSPS) is 24.0. The van der Waals surface area contributed by atoms with Crippen molar-refractivity contribution in [2.45, 2.75) is 51.2 Å². The lowest BCUT2D eigenvalue weighted by Crippen LogP contribution is -2.38. The lowest BCUT2D eigenvalue weighted by molar-refractivity contribution is 0.114. The van der Waals surface area contributed by atoms with Crippen LogP contribution in [-0.4, -0.2) is 46.9 Å². The van der Waals surface area contributed by atoms with Gasteiger partial charge in [-0.1, -0.05) is 11.6 Å². The van der Waals surface area contributed by atoms with Gasteiger partial charge in [-0.2, -0.15) is 4.98 Å². The maximum absolute atomic E-state index is 6.18. The van der Waals surface area contributed by atoms with Crippen molar-refractivity contribution in [1.82, 2.24) is 15.3 Å². The fourth-order valence-corrected chi connectivity index (χ4v) is 3.56. The van der Waals surface area contributed by atoms with Gasteiger partial charge in [0.05, 0.1) is 6.10 Å². The molecule has 2 aliphatic heterocycles. The van der Waals surface area contributed by atoms with E-state index in [-0.39, 0.29) is 6.10 Å². The summed E-state index contributed by atoms with van der Waals surface area (Å²) in [5.41, 5.74) is 0. The molecule has 24 heavy (non-hydrogen) atoms. The molecule has 6 nitrogen and oxygen atoms in total. The Bertz CT molecular complexity index is 582. The number of ether oxygens (including phenoxy) is 1. The molecule has 0 aromatic carbocycles. The number of aromatic nitrogens is 2. The van der Waals surface area contributed by atoms with E-state index in [1.54, 1.807) is 0 Å². The quantitative estimate of drug-likeness (QED) is 0.624. The lowest BCUT2D eigenvalue weighted by Gasteiger charge is -2.34. The summed E-state index contributed by atoms with van der Waals surface area (Å²) in [5.74, 6) is 1.28. The molecule has 0 aliphatic carbocycles. The van der Waals surface area contributed by atoms with E-state index in [0.717, 1.165) is 31.8 Å². The van der Waals surface area contributed by atoms with Crippen molar-refractivity contribution < 1.29 is 4.74 Å². The molecule has 2 N–H and O–H groups in total. The number of hydrogen-bond donors (Lipinski definition) is 2. The third kappa shape index (κ3) is 4.68. The van der Waals surface area contributed by atoms with Crippen molar-refractivity contribution in [1.29, 1.82) is 0 Å². The zero-order valence-electron chi connectivity index (χ0n) is 13.9. The van der Waals surface area contributed by atoms with Crippen LogP contribution >= 0.6 is 23.8 Å². The molecule has 2 fully saturated rings. The van der Waals surface area contributed by atoms with Gasteiger partial charge in [0.1, 0.15) is 11.0 Å². The van der Waals surface area contributed by atoms with Crippen LogP contribution in [-0.2, 0) is 4.74 Å². The van der Waals surface area contributed by atoms with E-state index in [1.807, 2.05) is 6.07 Å². The molecule has 0 unspecified atom stereocenters. The Hall–Kier alpha value is -1.18. The van der Waals surface area contributed by atoms with Gasteiger partial charge in [0, 0.05) is 31.8 Å². The number of anilines is 2. The second-order valence-electron chi connectivity index (χ2n) is 6.38. The number of thiocarbonyl (C=S) groups is 1. The highest BCUT2D eigenvalue weighted by Crippen LogP contribution is 2.25. The second-order valence-corrected chi connectivity index (χ2v) is 7.18. The molecule has 0 amide bonds. The largest absolute Gasteiger partial charge is 0.376 e. The third-order valence-electron chi connectivity index (χ3n) is 4.52. The molecule has 3 heterocycles. The second kappa shape index (κ2) is 8.27. The average Bonchev–Trinajstić information content (AvgIpc) is 3.06. The van der Waals surface area contributed by atoms with E-state index in [4.69, 9.17) is 28.6 Å². The number of rotatable bonds is 4. The first kappa shape index (κ1) is 17.6. The van der Waals surface area contributed by atoms with Gasteiger partial charge in [-0.3, -0.25) is 0 Å². The highest BCUT2D eigenvalue weighted by molar-refractivity contribution is 7.80. The Morgan fingerprint density at radius 3 is 3.00 bits per heavy atom. The van der Waals surface area contributed by atoms with Gasteiger partial charge in [0.25, 0.3) is 0 Å². The summed E-state index contributed by atoms with van der Waals surface area (Å²) < 4.78 is 5.57. The highest BCUT2D eigenvalue weighted by Gasteiger charge is 2.21. The van der Waals surface area contributed by atoms with Gasteiger partial charge in [-0.25, -0.2) is 4.98 Å². The minimum Gasteiger partial charge on any atom is -0.376 e. The summed E-state index contributed by atoms with van der Waals surface area (Å²) >= 11 is 11.5. The molecule has 1 aromatic rings. The Morgan fingerprint density at radius 1 is 1.38 bits per heavy atom. The zero-order chi connectivity index (χ0) is 16.9. The number of nitrogens with zero attached hydrogens (tertiary/aromatic N) is 3. The van der Waals surface area contributed by atoms with Gasteiger partial charge in [-0.05, 0) is 51.2 Å². The third-order valence-corrected chi connectivity index (χ3v) is 4.96. The topological polar surface area (TPSA) is 62.3 Å². The minimum absolute atomic E-state index is 0.231. The van der Waals surface area contributed by atoms with Crippen molar-refractivity contribution in [2.24, 2.45) is 0 Å². The van der Waals surface area contributed by atoms with Crippen molar-refractivity contribution >= 4 is 40.7 Å². The van der Waals surface area contributed by atoms with Crippen molar-refractivity contribution in [3.05, 3.63) is 11.2 Å². The van der Waals surface area contributed by atoms with Crippen LogP contribution in [0.2, 0.25) is 5.15 Å². The van der Waals surface area contributed by atoms with Crippen LogP contribution in [0.3, 0.4) is 0 Å². The molecule has 1 aromatic heterocycles. The molecule has 3 rings (SSSR count). The van der Waals surface area contributed by atoms with Crippen LogP contribution in [0.15, 0.2) is 6.07 Å². The molecule has 0 spiro atoms. The summed E-state index contributed by atoms with van der Waals surface area (Å²) in [4.78, 5) is 11.1. The number of nitrogens with one attached hydrogen (secondary N) is 2. The Kier molecular flexibility index (Phi) is 6.08. The molecule has 2 aliphatic rings. The average molecular weight is 370 g/mol. The van der Waals surface area contributed by atoms with Gasteiger partial charge >= 0.3 is 0 Å². The number of hydrogen-bond acceptors (Lipinski definition) is 5. The van der Waals surface area contributed by atoms with Crippen LogP contribution in [0.4, 0.5) is 11.8 Å². The Morgan fingerprint density at radius 2 is 2.25 bits per heavy atom. The summed E-state index contributed by atoms with van der Waals surface area (Å²) in [6.07, 6.45) is 6.03. The molecule has 132 valence electrons. The molecule has 2 atom stereocenters. The van der Waals surface area contributed by atoms with Gasteiger partial charge in [0.2, 0.25) is 5.95 Å². The maximum atomic E-state index is 6.18. The molecule has 0 saturated carbocycles. The first-order chi connectivity index (χ1) is 11.6. The molecule has 2 saturated heterocycles. The highest BCUT2D eigenvalue weighted by atomic mass is 35.5. The summed E-state index contributed by atoms with van der Waals surface area (Å²) in [6, 6.07) is 2.28. The SMILES string of the molecule is C[C@@H]1CCCCN1c1cc(Cl)nc(NC(=S)NC[C@@H]2CCCO2)n1. The van der Waals surface area contributed by atoms with Crippen LogP contribution in [0.1, 0.15) is 39.0 Å². The van der Waals surface area contributed by atoms with Gasteiger partial charge in [-0.15, -0.1) is 0 Å². The van der Waals surface area contributed by atoms with E-state index in [2.05, 4.69) is 32.4 Å². The summed E-state index contributed by atoms with van der Waals surface area (Å²) in [7, 11) is 0. The fraction of sp³-hybridized carbons (Fsp3) is 0.688.